The lowest BCUT2D eigenvalue weighted by Crippen LogP contribution is -2.11. The standard InChI is InChI=1S/C14H11N5O2S2/c15-19-12(11-2-1-4-21-11)17-18-14(19)23-8-10-7-22-13(16-10)9-3-5-20-6-9/h1-7H,8,15H2. The van der Waals surface area contributed by atoms with Gasteiger partial charge in [0.2, 0.25) is 11.0 Å². The Kier molecular flexibility index (Phi) is 3.64. The molecule has 0 saturated heterocycles. The molecule has 0 atom stereocenters. The topological polar surface area (TPSA) is 95.9 Å². The molecule has 0 amide bonds. The zero-order chi connectivity index (χ0) is 15.6. The van der Waals surface area contributed by atoms with E-state index >= 15 is 0 Å². The number of furan rings is 2. The number of hydrogen-bond acceptors (Lipinski definition) is 8. The van der Waals surface area contributed by atoms with Crippen molar-refractivity contribution in [2.45, 2.75) is 10.9 Å². The Balaban J connectivity index is 1.48. The highest BCUT2D eigenvalue weighted by atomic mass is 32.2. The molecule has 0 fully saturated rings. The minimum Gasteiger partial charge on any atom is -0.472 e. The Morgan fingerprint density at radius 2 is 2.22 bits per heavy atom. The number of aromatic nitrogens is 4. The first-order valence-electron chi connectivity index (χ1n) is 6.65. The van der Waals surface area contributed by atoms with Crippen LogP contribution in [0.25, 0.3) is 22.2 Å². The molecule has 0 saturated carbocycles. The van der Waals surface area contributed by atoms with E-state index in [1.165, 1.54) is 16.4 Å². The number of nitrogens with two attached hydrogens (primary N) is 1. The van der Waals surface area contributed by atoms with Gasteiger partial charge in [-0.25, -0.2) is 9.66 Å². The Bertz CT molecular complexity index is 896. The molecule has 7 nitrogen and oxygen atoms in total. The van der Waals surface area contributed by atoms with Gasteiger partial charge in [0.15, 0.2) is 5.76 Å². The minimum atomic E-state index is 0.495. The van der Waals surface area contributed by atoms with Crippen LogP contribution in [0, 0.1) is 0 Å². The van der Waals surface area contributed by atoms with Crippen molar-refractivity contribution in [2.75, 3.05) is 5.84 Å². The average molecular weight is 345 g/mol. The highest BCUT2D eigenvalue weighted by molar-refractivity contribution is 7.98. The molecule has 116 valence electrons. The van der Waals surface area contributed by atoms with Crippen molar-refractivity contribution in [2.24, 2.45) is 0 Å². The molecule has 0 unspecified atom stereocenters. The summed E-state index contributed by atoms with van der Waals surface area (Å²) in [6, 6.07) is 5.46. The molecule has 4 rings (SSSR count). The second-order valence-electron chi connectivity index (χ2n) is 4.60. The van der Waals surface area contributed by atoms with Gasteiger partial charge in [0, 0.05) is 16.7 Å². The summed E-state index contributed by atoms with van der Waals surface area (Å²) in [5.74, 6) is 7.76. The molecule has 0 aliphatic rings. The number of rotatable bonds is 5. The fourth-order valence-corrected chi connectivity index (χ4v) is 3.64. The molecule has 0 spiro atoms. The Hall–Kier alpha value is -2.52. The first kappa shape index (κ1) is 14.1. The van der Waals surface area contributed by atoms with Crippen LogP contribution in [0.1, 0.15) is 5.69 Å². The maximum Gasteiger partial charge on any atom is 0.218 e. The molecule has 0 aliphatic heterocycles. The summed E-state index contributed by atoms with van der Waals surface area (Å²) in [6.45, 7) is 0. The molecule has 0 radical (unpaired) electrons. The van der Waals surface area contributed by atoms with Gasteiger partial charge in [-0.3, -0.25) is 0 Å². The van der Waals surface area contributed by atoms with Crippen molar-refractivity contribution >= 4 is 23.1 Å². The van der Waals surface area contributed by atoms with Crippen molar-refractivity contribution in [3.63, 3.8) is 0 Å². The van der Waals surface area contributed by atoms with Crippen LogP contribution in [-0.4, -0.2) is 19.9 Å². The fraction of sp³-hybridized carbons (Fsp3) is 0.0714. The minimum absolute atomic E-state index is 0.495. The average Bonchev–Trinajstić information content (AvgIpc) is 3.33. The van der Waals surface area contributed by atoms with Crippen LogP contribution in [0.5, 0.6) is 0 Å². The van der Waals surface area contributed by atoms with Crippen LogP contribution in [0.3, 0.4) is 0 Å². The maximum absolute atomic E-state index is 6.02. The Morgan fingerprint density at radius 1 is 1.26 bits per heavy atom. The lowest BCUT2D eigenvalue weighted by Gasteiger charge is -2.00. The van der Waals surface area contributed by atoms with E-state index in [2.05, 4.69) is 15.2 Å². The van der Waals surface area contributed by atoms with Crippen LogP contribution in [0.15, 0.2) is 56.4 Å². The third kappa shape index (κ3) is 2.76. The summed E-state index contributed by atoms with van der Waals surface area (Å²) < 4.78 is 11.8. The van der Waals surface area contributed by atoms with E-state index in [4.69, 9.17) is 14.7 Å². The summed E-state index contributed by atoms with van der Waals surface area (Å²) in [4.78, 5) is 4.58. The van der Waals surface area contributed by atoms with Crippen molar-refractivity contribution in [3.8, 4) is 22.2 Å². The normalized spacial score (nSPS) is 11.1. The Morgan fingerprint density at radius 3 is 3.00 bits per heavy atom. The molecule has 4 heterocycles. The van der Waals surface area contributed by atoms with Gasteiger partial charge in [0.25, 0.3) is 0 Å². The second kappa shape index (κ2) is 5.94. The van der Waals surface area contributed by atoms with Crippen molar-refractivity contribution in [1.29, 1.82) is 0 Å². The largest absolute Gasteiger partial charge is 0.472 e. The summed E-state index contributed by atoms with van der Waals surface area (Å²) in [5, 5.41) is 11.7. The van der Waals surface area contributed by atoms with Crippen molar-refractivity contribution < 1.29 is 8.83 Å². The maximum atomic E-state index is 6.02. The lowest BCUT2D eigenvalue weighted by atomic mass is 10.4. The van der Waals surface area contributed by atoms with Crippen molar-refractivity contribution in [3.05, 3.63) is 48.1 Å². The highest BCUT2D eigenvalue weighted by Crippen LogP contribution is 2.28. The van der Waals surface area contributed by atoms with E-state index in [0.717, 1.165) is 16.3 Å². The quantitative estimate of drug-likeness (QED) is 0.438. The van der Waals surface area contributed by atoms with Gasteiger partial charge in [-0.15, -0.1) is 21.5 Å². The van der Waals surface area contributed by atoms with Crippen LogP contribution < -0.4 is 5.84 Å². The molecule has 23 heavy (non-hydrogen) atoms. The smallest absolute Gasteiger partial charge is 0.218 e. The van der Waals surface area contributed by atoms with E-state index in [1.807, 2.05) is 11.4 Å². The monoisotopic (exact) mass is 345 g/mol. The molecule has 4 aromatic heterocycles. The molecular weight excluding hydrogens is 334 g/mol. The van der Waals surface area contributed by atoms with Gasteiger partial charge in [-0.05, 0) is 18.2 Å². The molecular formula is C14H11N5O2S2. The SMILES string of the molecule is Nn1c(SCc2csc(-c3ccoc3)n2)nnc1-c1ccco1. The first-order chi connectivity index (χ1) is 11.3. The molecule has 0 bridgehead atoms. The first-order valence-corrected chi connectivity index (χ1v) is 8.52. The molecule has 9 heteroatoms. The molecule has 0 aromatic carbocycles. The summed E-state index contributed by atoms with van der Waals surface area (Å²) >= 11 is 3.05. The van der Waals surface area contributed by atoms with Gasteiger partial charge in [-0.2, -0.15) is 0 Å². The number of nitrogen functional groups attached to an aromatic ring is 1. The third-order valence-electron chi connectivity index (χ3n) is 3.08. The van der Waals surface area contributed by atoms with E-state index in [0.29, 0.717) is 22.5 Å². The third-order valence-corrected chi connectivity index (χ3v) is 4.99. The zero-order valence-electron chi connectivity index (χ0n) is 11.7. The van der Waals surface area contributed by atoms with Gasteiger partial charge >= 0.3 is 0 Å². The fourth-order valence-electron chi connectivity index (χ4n) is 1.98. The predicted octanol–water partition coefficient (Wildman–Crippen LogP) is 3.26. The van der Waals surface area contributed by atoms with Gasteiger partial charge in [0.1, 0.15) is 11.3 Å². The summed E-state index contributed by atoms with van der Waals surface area (Å²) in [7, 11) is 0. The number of hydrogen-bond donors (Lipinski definition) is 1. The van der Waals surface area contributed by atoms with E-state index in [1.54, 1.807) is 42.3 Å². The zero-order valence-corrected chi connectivity index (χ0v) is 13.4. The van der Waals surface area contributed by atoms with E-state index in [-0.39, 0.29) is 0 Å². The van der Waals surface area contributed by atoms with Crippen LogP contribution in [0.2, 0.25) is 0 Å². The highest BCUT2D eigenvalue weighted by Gasteiger charge is 2.15. The second-order valence-corrected chi connectivity index (χ2v) is 6.40. The number of nitrogens with zero attached hydrogens (tertiary/aromatic N) is 4. The van der Waals surface area contributed by atoms with Crippen LogP contribution in [0.4, 0.5) is 0 Å². The lowest BCUT2D eigenvalue weighted by molar-refractivity contribution is 0.568. The number of thioether (sulfide) groups is 1. The van der Waals surface area contributed by atoms with Gasteiger partial charge in [0.05, 0.1) is 18.2 Å². The van der Waals surface area contributed by atoms with Gasteiger partial charge < -0.3 is 14.7 Å². The predicted molar refractivity (Wildman–Crippen MR) is 87.3 cm³/mol. The summed E-state index contributed by atoms with van der Waals surface area (Å²) in [6.07, 6.45) is 4.89. The van der Waals surface area contributed by atoms with Gasteiger partial charge in [-0.1, -0.05) is 11.8 Å². The van der Waals surface area contributed by atoms with E-state index < -0.39 is 0 Å². The summed E-state index contributed by atoms with van der Waals surface area (Å²) in [5.41, 5.74) is 1.94. The molecule has 4 aromatic rings. The van der Waals surface area contributed by atoms with Crippen molar-refractivity contribution in [1.82, 2.24) is 19.9 Å². The molecule has 0 aliphatic carbocycles. The van der Waals surface area contributed by atoms with Crippen LogP contribution >= 0.6 is 23.1 Å². The van der Waals surface area contributed by atoms with Crippen LogP contribution in [-0.2, 0) is 5.75 Å². The number of thiazole rings is 1. The Labute approximate surface area is 139 Å². The van der Waals surface area contributed by atoms with E-state index in [9.17, 15) is 0 Å². The molecule has 2 N–H and O–H groups in total.